The molecule has 0 rings (SSSR count). The molecule has 0 fully saturated rings. The first-order chi connectivity index (χ1) is 3.91. The number of hydrogen-bond acceptors (Lipinski definition) is 4. The quantitative estimate of drug-likeness (QED) is 0.357. The van der Waals surface area contributed by atoms with Gasteiger partial charge in [0, 0.05) is 29.6 Å². The third-order valence-electron chi connectivity index (χ3n) is 0.0500. The van der Waals surface area contributed by atoms with Crippen LogP contribution in [0.5, 0.6) is 0 Å². The van der Waals surface area contributed by atoms with E-state index < -0.39 is 10.4 Å². The summed E-state index contributed by atoms with van der Waals surface area (Å²) in [5.41, 5.74) is 0. The number of nitriles is 2. The first kappa shape index (κ1) is 16.4. The van der Waals surface area contributed by atoms with Crippen molar-refractivity contribution in [1.29, 1.82) is 10.5 Å². The van der Waals surface area contributed by atoms with Gasteiger partial charge in [0.25, 0.3) is 0 Å². The summed E-state index contributed by atoms with van der Waals surface area (Å²) in [6.07, 6.45) is 0. The summed E-state index contributed by atoms with van der Waals surface area (Å²) in [6, 6.07) is 2.47. The van der Waals surface area contributed by atoms with E-state index in [9.17, 15) is 0 Å². The Kier molecular flexibility index (Phi) is 14.6. The molecule has 0 heterocycles. The second-order valence-corrected chi connectivity index (χ2v) is 1.57. The van der Waals surface area contributed by atoms with E-state index in [-0.39, 0.29) is 29.6 Å². The van der Waals surface area contributed by atoms with E-state index in [0.29, 0.717) is 0 Å². The zero-order valence-corrected chi connectivity index (χ0v) is 7.83. The minimum atomic E-state index is -4.67. The van der Waals surface area contributed by atoms with Gasteiger partial charge in [0.15, 0.2) is 12.1 Å². The molecule has 0 aliphatic heterocycles. The van der Waals surface area contributed by atoms with Crippen LogP contribution >= 0.6 is 0 Å². The summed E-state index contributed by atoms with van der Waals surface area (Å²) in [6.45, 7) is 0. The van der Waals surface area contributed by atoms with Gasteiger partial charge < -0.3 is 0 Å². The van der Waals surface area contributed by atoms with E-state index in [1.807, 2.05) is 0 Å². The van der Waals surface area contributed by atoms with Gasteiger partial charge in [-0.3, -0.25) is 9.11 Å². The van der Waals surface area contributed by atoms with Gasteiger partial charge >= 0.3 is 10.4 Å². The Hall–Kier alpha value is -0.150. The van der Waals surface area contributed by atoms with Gasteiger partial charge in [0.1, 0.15) is 0 Å². The van der Waals surface area contributed by atoms with Gasteiger partial charge in [-0.2, -0.15) is 18.9 Å². The summed E-state index contributed by atoms with van der Waals surface area (Å²) < 4.78 is 31.6. The second-order valence-electron chi connectivity index (χ2n) is 0.671. The number of hydrogen-bond donors (Lipinski definition) is 2. The summed E-state index contributed by atoms with van der Waals surface area (Å²) in [5, 5.41) is 14.5. The molecule has 2 N–H and O–H groups in total. The normalized spacial score (nSPS) is 6.80. The molecule has 0 saturated carbocycles. The van der Waals surface area contributed by atoms with Crippen LogP contribution in [0.2, 0.25) is 0 Å². The molecule has 0 saturated heterocycles. The van der Waals surface area contributed by atoms with E-state index in [1.54, 1.807) is 0 Å². The van der Waals surface area contributed by atoms with Crippen molar-refractivity contribution < 1.29 is 17.5 Å². The second kappa shape index (κ2) is 8.85. The SMILES string of the molecule is N#CC#N.O=S(=O)(O)O.[Na]. The molecule has 8 heteroatoms. The zero-order chi connectivity index (χ0) is 7.91. The van der Waals surface area contributed by atoms with Crippen molar-refractivity contribution in [2.24, 2.45) is 0 Å². The summed E-state index contributed by atoms with van der Waals surface area (Å²) in [7, 11) is -4.67. The largest absolute Gasteiger partial charge is 0.394 e. The molecule has 0 spiro atoms. The Labute approximate surface area is 79.9 Å². The molecule has 0 aromatic carbocycles. The van der Waals surface area contributed by atoms with Crippen LogP contribution in [0.15, 0.2) is 0 Å². The monoisotopic (exact) mass is 173 g/mol. The van der Waals surface area contributed by atoms with Gasteiger partial charge in [-0.15, -0.1) is 0 Å². The van der Waals surface area contributed by atoms with Gasteiger partial charge in [-0.25, -0.2) is 0 Å². The first-order valence-corrected chi connectivity index (χ1v) is 2.79. The van der Waals surface area contributed by atoms with Crippen LogP contribution in [0.1, 0.15) is 0 Å². The van der Waals surface area contributed by atoms with E-state index in [1.165, 1.54) is 12.1 Å². The van der Waals surface area contributed by atoms with Crippen LogP contribution in [-0.4, -0.2) is 47.1 Å². The predicted molar refractivity (Wildman–Crippen MR) is 31.2 cm³/mol. The molecule has 6 nitrogen and oxygen atoms in total. The van der Waals surface area contributed by atoms with Crippen LogP contribution in [0.25, 0.3) is 0 Å². The van der Waals surface area contributed by atoms with Crippen molar-refractivity contribution >= 4 is 40.0 Å². The molecule has 0 bridgehead atoms. The van der Waals surface area contributed by atoms with Gasteiger partial charge in [-0.05, 0) is 0 Å². The third kappa shape index (κ3) is 510. The van der Waals surface area contributed by atoms with Crippen LogP contribution in [0, 0.1) is 22.7 Å². The molecule has 0 aromatic heterocycles. The maximum absolute atomic E-state index is 8.74. The van der Waals surface area contributed by atoms with Gasteiger partial charge in [-0.1, -0.05) is 0 Å². The van der Waals surface area contributed by atoms with Crippen molar-refractivity contribution in [3.8, 4) is 12.1 Å². The van der Waals surface area contributed by atoms with Crippen LogP contribution in [0.4, 0.5) is 0 Å². The van der Waals surface area contributed by atoms with Crippen molar-refractivity contribution in [1.82, 2.24) is 0 Å². The third-order valence-corrected chi connectivity index (χ3v) is 0.0500. The number of nitrogens with zero attached hydrogens (tertiary/aromatic N) is 2. The molecule has 51 valence electrons. The average molecular weight is 173 g/mol. The van der Waals surface area contributed by atoms with Crippen molar-refractivity contribution in [3.63, 3.8) is 0 Å². The van der Waals surface area contributed by atoms with Crippen LogP contribution in [-0.2, 0) is 10.4 Å². The average Bonchev–Trinajstić information content (AvgIpc) is 1.61. The van der Waals surface area contributed by atoms with Crippen molar-refractivity contribution in [2.45, 2.75) is 0 Å². The molecular weight excluding hydrogens is 171 g/mol. The first-order valence-electron chi connectivity index (χ1n) is 1.40. The van der Waals surface area contributed by atoms with E-state index in [0.717, 1.165) is 0 Å². The standard InChI is InChI=1S/C2N2.Na.H2O4S/c3-1-2-4;;1-5(2,3)4/h;;(H2,1,2,3,4). The molecule has 0 unspecified atom stereocenters. The summed E-state index contributed by atoms with van der Waals surface area (Å²) in [4.78, 5) is 0. The molecule has 0 amide bonds. The van der Waals surface area contributed by atoms with Crippen molar-refractivity contribution in [2.75, 3.05) is 0 Å². The molecule has 0 aromatic rings. The van der Waals surface area contributed by atoms with Crippen LogP contribution in [0.3, 0.4) is 0 Å². The maximum Gasteiger partial charge on any atom is 0.394 e. The van der Waals surface area contributed by atoms with Gasteiger partial charge in [0.2, 0.25) is 0 Å². The Balaban J connectivity index is -0.0000000910. The fourth-order valence-corrected chi connectivity index (χ4v) is 0. The zero-order valence-electron chi connectivity index (χ0n) is 5.01. The molecule has 0 atom stereocenters. The molecule has 0 aliphatic rings. The number of rotatable bonds is 0. The Bertz CT molecular complexity index is 213. The van der Waals surface area contributed by atoms with E-state index in [4.69, 9.17) is 28.0 Å². The fourth-order valence-electron chi connectivity index (χ4n) is 0. The Morgan fingerprint density at radius 2 is 1.20 bits per heavy atom. The maximum atomic E-state index is 8.74. The minimum Gasteiger partial charge on any atom is -0.264 e. The summed E-state index contributed by atoms with van der Waals surface area (Å²) >= 11 is 0. The Morgan fingerprint density at radius 1 is 1.10 bits per heavy atom. The summed E-state index contributed by atoms with van der Waals surface area (Å²) in [5.74, 6) is 0. The minimum absolute atomic E-state index is 0. The van der Waals surface area contributed by atoms with E-state index >= 15 is 0 Å². The van der Waals surface area contributed by atoms with Gasteiger partial charge in [0.05, 0.1) is 0 Å². The molecule has 1 radical (unpaired) electrons. The van der Waals surface area contributed by atoms with Crippen LogP contribution < -0.4 is 0 Å². The fraction of sp³-hybridized carbons (Fsp3) is 0. The van der Waals surface area contributed by atoms with E-state index in [2.05, 4.69) is 0 Å². The smallest absolute Gasteiger partial charge is 0.264 e. The Morgan fingerprint density at radius 3 is 1.20 bits per heavy atom. The predicted octanol–water partition coefficient (Wildman–Crippen LogP) is -1.00. The van der Waals surface area contributed by atoms with Crippen molar-refractivity contribution in [3.05, 3.63) is 0 Å². The molecular formula is C2H2N2NaO4S. The molecule has 0 aliphatic carbocycles. The topological polar surface area (TPSA) is 122 Å². The molecule has 10 heavy (non-hydrogen) atoms.